The van der Waals surface area contributed by atoms with E-state index in [1.165, 1.54) is 6.20 Å². The van der Waals surface area contributed by atoms with Crippen molar-refractivity contribution in [3.05, 3.63) is 63.6 Å². The van der Waals surface area contributed by atoms with Gasteiger partial charge in [0.05, 0.1) is 12.2 Å². The normalized spacial score (nSPS) is 12.4. The molecule has 0 spiro atoms. The standard InChI is InChI=1S/C13H13BrFN3/c1-8-2-3-9(11(14)6-8)13(18-16)10-4-5-17-7-12(10)15/h2-7,13,18H,16H2,1H3. The molecular weight excluding hydrogens is 297 g/mol. The van der Waals surface area contributed by atoms with Crippen molar-refractivity contribution < 1.29 is 4.39 Å². The minimum absolute atomic E-state index is 0.382. The summed E-state index contributed by atoms with van der Waals surface area (Å²) >= 11 is 3.48. The van der Waals surface area contributed by atoms with E-state index in [9.17, 15) is 4.39 Å². The van der Waals surface area contributed by atoms with Gasteiger partial charge >= 0.3 is 0 Å². The van der Waals surface area contributed by atoms with Gasteiger partial charge in [0.15, 0.2) is 0 Å². The molecule has 2 aromatic rings. The third-order valence-corrected chi connectivity index (χ3v) is 3.44. The minimum atomic E-state index is -0.414. The molecule has 0 fully saturated rings. The van der Waals surface area contributed by atoms with E-state index in [0.717, 1.165) is 15.6 Å². The highest BCUT2D eigenvalue weighted by atomic mass is 79.9. The van der Waals surface area contributed by atoms with E-state index in [2.05, 4.69) is 26.3 Å². The van der Waals surface area contributed by atoms with Crippen LogP contribution >= 0.6 is 15.9 Å². The summed E-state index contributed by atoms with van der Waals surface area (Å²) in [6.45, 7) is 1.99. The topological polar surface area (TPSA) is 50.9 Å². The molecule has 1 aromatic heterocycles. The van der Waals surface area contributed by atoms with Gasteiger partial charge < -0.3 is 0 Å². The number of nitrogens with zero attached hydrogens (tertiary/aromatic N) is 1. The highest BCUT2D eigenvalue weighted by Crippen LogP contribution is 2.29. The van der Waals surface area contributed by atoms with Crippen molar-refractivity contribution in [2.45, 2.75) is 13.0 Å². The van der Waals surface area contributed by atoms with Crippen LogP contribution in [0.5, 0.6) is 0 Å². The first-order valence-corrected chi connectivity index (χ1v) is 6.24. The molecule has 0 amide bonds. The van der Waals surface area contributed by atoms with Gasteiger partial charge in [-0.2, -0.15) is 0 Å². The maximum atomic E-state index is 13.7. The van der Waals surface area contributed by atoms with Gasteiger partial charge in [0, 0.05) is 16.2 Å². The third kappa shape index (κ3) is 2.58. The number of nitrogens with one attached hydrogen (secondary N) is 1. The highest BCUT2D eigenvalue weighted by molar-refractivity contribution is 9.10. The molecule has 1 unspecified atom stereocenters. The molecule has 0 aliphatic heterocycles. The van der Waals surface area contributed by atoms with Crippen molar-refractivity contribution in [3.8, 4) is 0 Å². The molecule has 0 bridgehead atoms. The summed E-state index contributed by atoms with van der Waals surface area (Å²) in [7, 11) is 0. The Kier molecular flexibility index (Phi) is 4.06. The number of hydrazine groups is 1. The second kappa shape index (κ2) is 5.56. The van der Waals surface area contributed by atoms with Crippen molar-refractivity contribution >= 4 is 15.9 Å². The summed E-state index contributed by atoms with van der Waals surface area (Å²) in [5.74, 6) is 5.17. The zero-order valence-electron chi connectivity index (χ0n) is 9.82. The Bertz CT molecular complexity index is 560. The van der Waals surface area contributed by atoms with Gasteiger partial charge in [-0.25, -0.2) is 9.82 Å². The average molecular weight is 310 g/mol. The molecule has 2 rings (SSSR count). The first-order chi connectivity index (χ1) is 8.63. The lowest BCUT2D eigenvalue weighted by Gasteiger charge is -2.19. The van der Waals surface area contributed by atoms with Crippen LogP contribution in [0.4, 0.5) is 4.39 Å². The quantitative estimate of drug-likeness (QED) is 0.677. The second-order valence-electron chi connectivity index (χ2n) is 4.02. The summed E-state index contributed by atoms with van der Waals surface area (Å²) in [6.07, 6.45) is 2.73. The lowest BCUT2D eigenvalue weighted by Crippen LogP contribution is -2.29. The van der Waals surface area contributed by atoms with Crippen LogP contribution in [0.1, 0.15) is 22.7 Å². The van der Waals surface area contributed by atoms with Gasteiger partial charge in [0.1, 0.15) is 5.82 Å². The number of hydrogen-bond acceptors (Lipinski definition) is 3. The lowest BCUT2D eigenvalue weighted by molar-refractivity contribution is 0.554. The Labute approximate surface area is 113 Å². The van der Waals surface area contributed by atoms with Crippen LogP contribution in [-0.2, 0) is 0 Å². The van der Waals surface area contributed by atoms with Crippen LogP contribution in [0, 0.1) is 12.7 Å². The smallest absolute Gasteiger partial charge is 0.146 e. The summed E-state index contributed by atoms with van der Waals surface area (Å²) in [5.41, 5.74) is 5.11. The van der Waals surface area contributed by atoms with E-state index >= 15 is 0 Å². The monoisotopic (exact) mass is 309 g/mol. The molecule has 18 heavy (non-hydrogen) atoms. The van der Waals surface area contributed by atoms with E-state index in [-0.39, 0.29) is 5.82 Å². The van der Waals surface area contributed by atoms with E-state index in [4.69, 9.17) is 5.84 Å². The fraction of sp³-hybridized carbons (Fsp3) is 0.154. The molecule has 0 aliphatic carbocycles. The fourth-order valence-corrected chi connectivity index (χ4v) is 2.56. The van der Waals surface area contributed by atoms with Crippen LogP contribution in [0.3, 0.4) is 0 Å². The first-order valence-electron chi connectivity index (χ1n) is 5.45. The van der Waals surface area contributed by atoms with Gasteiger partial charge in [-0.3, -0.25) is 10.8 Å². The first kappa shape index (κ1) is 13.1. The molecule has 0 saturated carbocycles. The number of benzene rings is 1. The largest absolute Gasteiger partial charge is 0.271 e. The van der Waals surface area contributed by atoms with Crippen molar-refractivity contribution in [1.29, 1.82) is 0 Å². The molecule has 94 valence electrons. The molecule has 3 nitrogen and oxygen atoms in total. The van der Waals surface area contributed by atoms with Gasteiger partial charge in [-0.05, 0) is 30.2 Å². The number of aromatic nitrogens is 1. The average Bonchev–Trinajstić information content (AvgIpc) is 2.34. The van der Waals surface area contributed by atoms with Gasteiger partial charge in [-0.15, -0.1) is 0 Å². The molecule has 5 heteroatoms. The maximum Gasteiger partial charge on any atom is 0.146 e. The number of rotatable bonds is 3. The SMILES string of the molecule is Cc1ccc(C(NN)c2ccncc2F)c(Br)c1. The van der Waals surface area contributed by atoms with Crippen molar-refractivity contribution in [2.24, 2.45) is 5.84 Å². The summed E-state index contributed by atoms with van der Waals surface area (Å²) in [5, 5.41) is 0. The van der Waals surface area contributed by atoms with Crippen molar-refractivity contribution in [1.82, 2.24) is 10.4 Å². The van der Waals surface area contributed by atoms with Crippen molar-refractivity contribution in [3.63, 3.8) is 0 Å². The Balaban J connectivity index is 2.49. The molecule has 0 saturated heterocycles. The molecular formula is C13H13BrFN3. The predicted octanol–water partition coefficient (Wildman–Crippen LogP) is 2.84. The number of halogens is 2. The minimum Gasteiger partial charge on any atom is -0.271 e. The number of pyridine rings is 1. The van der Waals surface area contributed by atoms with E-state index < -0.39 is 6.04 Å². The zero-order valence-corrected chi connectivity index (χ0v) is 11.4. The highest BCUT2D eigenvalue weighted by Gasteiger charge is 2.18. The zero-order chi connectivity index (χ0) is 13.1. The van der Waals surface area contributed by atoms with Gasteiger partial charge in [0.25, 0.3) is 0 Å². The van der Waals surface area contributed by atoms with Gasteiger partial charge in [0.2, 0.25) is 0 Å². The molecule has 1 heterocycles. The van der Waals surface area contributed by atoms with Crippen LogP contribution in [-0.4, -0.2) is 4.98 Å². The van der Waals surface area contributed by atoms with E-state index in [1.807, 2.05) is 25.1 Å². The van der Waals surface area contributed by atoms with E-state index in [1.54, 1.807) is 12.3 Å². The van der Waals surface area contributed by atoms with Crippen LogP contribution in [0.25, 0.3) is 0 Å². The lowest BCUT2D eigenvalue weighted by atomic mass is 9.99. The Morgan fingerprint density at radius 2 is 2.11 bits per heavy atom. The number of aryl methyl sites for hydroxylation is 1. The number of nitrogens with two attached hydrogens (primary N) is 1. The molecule has 3 N–H and O–H groups in total. The fourth-order valence-electron chi connectivity index (χ4n) is 1.83. The Morgan fingerprint density at radius 3 is 2.72 bits per heavy atom. The molecule has 1 atom stereocenters. The van der Waals surface area contributed by atoms with E-state index in [0.29, 0.717) is 5.56 Å². The Hall–Kier alpha value is -1.30. The van der Waals surface area contributed by atoms with Crippen molar-refractivity contribution in [2.75, 3.05) is 0 Å². The Morgan fingerprint density at radius 1 is 1.33 bits per heavy atom. The van der Waals surface area contributed by atoms with Gasteiger partial charge in [-0.1, -0.05) is 28.1 Å². The summed E-state index contributed by atoms with van der Waals surface area (Å²) < 4.78 is 14.6. The van der Waals surface area contributed by atoms with Crippen LogP contribution in [0.2, 0.25) is 0 Å². The maximum absolute atomic E-state index is 13.7. The predicted molar refractivity (Wildman–Crippen MR) is 72.2 cm³/mol. The second-order valence-corrected chi connectivity index (χ2v) is 4.88. The van der Waals surface area contributed by atoms with Crippen LogP contribution in [0.15, 0.2) is 41.1 Å². The summed E-state index contributed by atoms with van der Waals surface area (Å²) in [4.78, 5) is 3.74. The van der Waals surface area contributed by atoms with Crippen LogP contribution < -0.4 is 11.3 Å². The number of hydrogen-bond donors (Lipinski definition) is 2. The summed E-state index contributed by atoms with van der Waals surface area (Å²) in [6, 6.07) is 7.06. The third-order valence-electron chi connectivity index (χ3n) is 2.75. The molecule has 0 radical (unpaired) electrons. The molecule has 0 aliphatic rings. The molecule has 1 aromatic carbocycles.